The van der Waals surface area contributed by atoms with Crippen LogP contribution in [0.5, 0.6) is 0 Å². The van der Waals surface area contributed by atoms with E-state index in [1.165, 1.54) is 30.5 Å². The number of sulfone groups is 1. The van der Waals surface area contributed by atoms with Crippen molar-refractivity contribution in [3.8, 4) is 0 Å². The van der Waals surface area contributed by atoms with Gasteiger partial charge in [-0.25, -0.2) is 13.8 Å². The summed E-state index contributed by atoms with van der Waals surface area (Å²) >= 11 is 17.7. The van der Waals surface area contributed by atoms with Crippen LogP contribution in [0.15, 0.2) is 57.0 Å². The van der Waals surface area contributed by atoms with E-state index in [4.69, 9.17) is 39.3 Å². The lowest BCUT2D eigenvalue weighted by Gasteiger charge is -2.01. The summed E-state index contributed by atoms with van der Waals surface area (Å²) in [6, 6.07) is 10.5. The molecule has 150 valence electrons. The van der Waals surface area contributed by atoms with Crippen molar-refractivity contribution in [3.05, 3.63) is 74.8 Å². The van der Waals surface area contributed by atoms with Crippen molar-refractivity contribution in [3.63, 3.8) is 0 Å². The first-order valence-corrected chi connectivity index (χ1v) is 10.6. The molecule has 0 atom stereocenters. The van der Waals surface area contributed by atoms with Gasteiger partial charge in [-0.2, -0.15) is 10.1 Å². The van der Waals surface area contributed by atoms with Gasteiger partial charge in [-0.15, -0.1) is 0 Å². The van der Waals surface area contributed by atoms with Crippen LogP contribution in [0.4, 0.5) is 0 Å². The van der Waals surface area contributed by atoms with Gasteiger partial charge in [0.25, 0.3) is 0 Å². The summed E-state index contributed by atoms with van der Waals surface area (Å²) in [7, 11) is -3.74. The largest absolute Gasteiger partial charge is 0.329 e. The predicted molar refractivity (Wildman–Crippen MR) is 108 cm³/mol. The molecule has 8 nitrogen and oxygen atoms in total. The van der Waals surface area contributed by atoms with Gasteiger partial charge in [0.05, 0.1) is 21.2 Å². The standard InChI is InChI=1S/C17H11Cl3N4O4S/c18-10-4-6-11(7-5-10)29(26,27)9-15-22-17(28-24-15)16(25)23-21-8-12-13(19)2-1-3-14(12)20/h1-8H,9H2,(H,23,25)/b21-8+. The maximum Gasteiger partial charge on any atom is 0.329 e. The van der Waals surface area contributed by atoms with Crippen LogP contribution in [0.2, 0.25) is 15.1 Å². The van der Waals surface area contributed by atoms with Gasteiger partial charge in [0.15, 0.2) is 15.7 Å². The number of carbonyl (C=O) groups excluding carboxylic acids is 1. The van der Waals surface area contributed by atoms with Crippen LogP contribution in [-0.4, -0.2) is 30.7 Å². The first-order valence-electron chi connectivity index (χ1n) is 7.84. The molecule has 0 fully saturated rings. The Morgan fingerprint density at radius 3 is 2.41 bits per heavy atom. The van der Waals surface area contributed by atoms with E-state index in [1.807, 2.05) is 0 Å². The third-order valence-electron chi connectivity index (χ3n) is 3.51. The SMILES string of the molecule is O=C(N/N=C/c1c(Cl)cccc1Cl)c1nc(CS(=O)(=O)c2ccc(Cl)cc2)no1. The number of amides is 1. The highest BCUT2D eigenvalue weighted by Crippen LogP contribution is 2.22. The Balaban J connectivity index is 1.67. The molecule has 0 aliphatic rings. The molecule has 0 bridgehead atoms. The van der Waals surface area contributed by atoms with Crippen LogP contribution in [0.3, 0.4) is 0 Å². The van der Waals surface area contributed by atoms with Gasteiger partial charge in [0, 0.05) is 10.6 Å². The van der Waals surface area contributed by atoms with Crippen LogP contribution < -0.4 is 5.43 Å². The van der Waals surface area contributed by atoms with E-state index in [1.54, 1.807) is 18.2 Å². The lowest BCUT2D eigenvalue weighted by molar-refractivity contribution is 0.0911. The number of hydrogen-bond acceptors (Lipinski definition) is 7. The summed E-state index contributed by atoms with van der Waals surface area (Å²) in [4.78, 5) is 15.9. The average molecular weight is 474 g/mol. The van der Waals surface area contributed by atoms with E-state index in [0.29, 0.717) is 20.6 Å². The summed E-state index contributed by atoms with van der Waals surface area (Å²) in [5, 5.41) is 8.34. The number of carbonyl (C=O) groups is 1. The lowest BCUT2D eigenvalue weighted by Crippen LogP contribution is -2.18. The second-order valence-corrected chi connectivity index (χ2v) is 8.80. The van der Waals surface area contributed by atoms with Gasteiger partial charge in [0.2, 0.25) is 0 Å². The molecule has 1 heterocycles. The smallest absolute Gasteiger partial charge is 0.328 e. The summed E-state index contributed by atoms with van der Waals surface area (Å²) in [5.41, 5.74) is 2.58. The summed E-state index contributed by atoms with van der Waals surface area (Å²) in [5.74, 6) is -2.01. The monoisotopic (exact) mass is 472 g/mol. The molecule has 12 heteroatoms. The Labute approximate surface area is 180 Å². The van der Waals surface area contributed by atoms with E-state index in [0.717, 1.165) is 0 Å². The fourth-order valence-electron chi connectivity index (χ4n) is 2.14. The van der Waals surface area contributed by atoms with Gasteiger partial charge in [-0.1, -0.05) is 46.0 Å². The van der Waals surface area contributed by atoms with E-state index >= 15 is 0 Å². The molecule has 29 heavy (non-hydrogen) atoms. The second-order valence-electron chi connectivity index (χ2n) is 5.56. The fraction of sp³-hybridized carbons (Fsp3) is 0.0588. The molecular weight excluding hydrogens is 463 g/mol. The number of benzene rings is 2. The highest BCUT2D eigenvalue weighted by atomic mass is 35.5. The van der Waals surface area contributed by atoms with E-state index in [2.05, 4.69) is 20.7 Å². The van der Waals surface area contributed by atoms with Gasteiger partial charge in [-0.3, -0.25) is 4.79 Å². The molecular formula is C17H11Cl3N4O4S. The Bertz CT molecular complexity index is 1160. The molecule has 0 saturated heterocycles. The minimum Gasteiger partial charge on any atom is -0.328 e. The zero-order chi connectivity index (χ0) is 21.0. The van der Waals surface area contributed by atoms with Crippen molar-refractivity contribution in [1.82, 2.24) is 15.6 Å². The van der Waals surface area contributed by atoms with Crippen LogP contribution >= 0.6 is 34.8 Å². The van der Waals surface area contributed by atoms with Crippen LogP contribution in [0, 0.1) is 0 Å². The molecule has 2 aromatic carbocycles. The molecule has 3 aromatic rings. The zero-order valence-corrected chi connectivity index (χ0v) is 17.4. The quantitative estimate of drug-likeness (QED) is 0.430. The molecule has 1 aromatic heterocycles. The minimum absolute atomic E-state index is 0.0407. The molecule has 0 aliphatic carbocycles. The number of hydrazone groups is 1. The summed E-state index contributed by atoms with van der Waals surface area (Å²) < 4.78 is 29.5. The number of halogens is 3. The first kappa shape index (κ1) is 21.3. The van der Waals surface area contributed by atoms with Crippen LogP contribution in [0.1, 0.15) is 22.1 Å². The number of nitrogens with one attached hydrogen (secondary N) is 1. The van der Waals surface area contributed by atoms with Crippen molar-refractivity contribution < 1.29 is 17.7 Å². The Morgan fingerprint density at radius 2 is 1.76 bits per heavy atom. The maximum atomic E-state index is 12.4. The number of nitrogens with zero attached hydrogens (tertiary/aromatic N) is 3. The van der Waals surface area contributed by atoms with Crippen LogP contribution in [-0.2, 0) is 15.6 Å². The van der Waals surface area contributed by atoms with E-state index in [-0.39, 0.29) is 10.7 Å². The zero-order valence-electron chi connectivity index (χ0n) is 14.3. The summed E-state index contributed by atoms with van der Waals surface area (Å²) in [6.45, 7) is 0. The molecule has 0 aliphatic heterocycles. The van der Waals surface area contributed by atoms with Crippen LogP contribution in [0.25, 0.3) is 0 Å². The molecule has 3 rings (SSSR count). The van der Waals surface area contributed by atoms with Crippen molar-refractivity contribution in [2.24, 2.45) is 5.10 Å². The normalized spacial score (nSPS) is 11.7. The lowest BCUT2D eigenvalue weighted by atomic mass is 10.2. The molecule has 1 amide bonds. The minimum atomic E-state index is -3.74. The first-order chi connectivity index (χ1) is 13.8. The molecule has 0 spiro atoms. The van der Waals surface area contributed by atoms with Gasteiger partial charge >= 0.3 is 11.8 Å². The van der Waals surface area contributed by atoms with Crippen molar-refractivity contribution in [2.75, 3.05) is 0 Å². The summed E-state index contributed by atoms with van der Waals surface area (Å²) in [6.07, 6.45) is 1.25. The van der Waals surface area contributed by atoms with Gasteiger partial charge < -0.3 is 4.52 Å². The third kappa shape index (κ3) is 5.33. The number of aromatic nitrogens is 2. The number of hydrogen-bond donors (Lipinski definition) is 1. The highest BCUT2D eigenvalue weighted by molar-refractivity contribution is 7.90. The average Bonchev–Trinajstić information content (AvgIpc) is 3.12. The Hall–Kier alpha value is -2.46. The van der Waals surface area contributed by atoms with Crippen molar-refractivity contribution >= 4 is 56.8 Å². The Kier molecular flexibility index (Phi) is 6.53. The fourth-order valence-corrected chi connectivity index (χ4v) is 3.93. The highest BCUT2D eigenvalue weighted by Gasteiger charge is 2.21. The van der Waals surface area contributed by atoms with E-state index < -0.39 is 27.4 Å². The Morgan fingerprint density at radius 1 is 1.10 bits per heavy atom. The topological polar surface area (TPSA) is 115 Å². The molecule has 0 radical (unpaired) electrons. The molecule has 0 unspecified atom stereocenters. The van der Waals surface area contributed by atoms with E-state index in [9.17, 15) is 13.2 Å². The third-order valence-corrected chi connectivity index (χ3v) is 6.05. The van der Waals surface area contributed by atoms with Crippen molar-refractivity contribution in [2.45, 2.75) is 10.6 Å². The maximum absolute atomic E-state index is 12.4. The molecule has 0 saturated carbocycles. The number of rotatable bonds is 6. The second kappa shape index (κ2) is 8.91. The molecule has 1 N–H and O–H groups in total. The van der Waals surface area contributed by atoms with Crippen molar-refractivity contribution in [1.29, 1.82) is 0 Å². The van der Waals surface area contributed by atoms with Gasteiger partial charge in [-0.05, 0) is 36.4 Å². The predicted octanol–water partition coefficient (Wildman–Crippen LogP) is 3.77. The van der Waals surface area contributed by atoms with Gasteiger partial charge in [0.1, 0.15) is 5.75 Å².